The highest BCUT2D eigenvalue weighted by molar-refractivity contribution is 6.11. The lowest BCUT2D eigenvalue weighted by Crippen LogP contribution is -2.03. The standard InChI is InChI=1S/C19H14N2O4/c1-12-16(17(21-25-12)13-6-3-2-4-7-13)15(22)10-9-14-8-5-11-20-18(14)19(23)24/h2-11H,1H3,(H,23,24)/b10-9+. The van der Waals surface area contributed by atoms with E-state index in [1.807, 2.05) is 30.3 Å². The van der Waals surface area contributed by atoms with Crippen LogP contribution in [0.5, 0.6) is 0 Å². The van der Waals surface area contributed by atoms with Gasteiger partial charge in [0.25, 0.3) is 0 Å². The number of allylic oxidation sites excluding steroid dienone is 1. The van der Waals surface area contributed by atoms with Gasteiger partial charge in [0.05, 0.1) is 5.56 Å². The number of aryl methyl sites for hydroxylation is 1. The van der Waals surface area contributed by atoms with Gasteiger partial charge in [-0.1, -0.05) is 41.6 Å². The SMILES string of the molecule is Cc1onc(-c2ccccc2)c1C(=O)/C=C/c1cccnc1C(=O)O. The number of pyridine rings is 1. The van der Waals surface area contributed by atoms with Gasteiger partial charge in [0.2, 0.25) is 0 Å². The third kappa shape index (κ3) is 3.37. The number of carbonyl (C=O) groups is 2. The zero-order valence-corrected chi connectivity index (χ0v) is 13.3. The number of aromatic carboxylic acids is 1. The van der Waals surface area contributed by atoms with E-state index in [4.69, 9.17) is 9.63 Å². The van der Waals surface area contributed by atoms with Crippen molar-refractivity contribution in [2.45, 2.75) is 6.92 Å². The smallest absolute Gasteiger partial charge is 0.355 e. The Kier molecular flexibility index (Phi) is 4.52. The van der Waals surface area contributed by atoms with Crippen LogP contribution in [-0.4, -0.2) is 27.0 Å². The van der Waals surface area contributed by atoms with E-state index >= 15 is 0 Å². The summed E-state index contributed by atoms with van der Waals surface area (Å²) in [6, 6.07) is 12.4. The molecule has 0 aliphatic rings. The first-order valence-electron chi connectivity index (χ1n) is 7.50. The Balaban J connectivity index is 1.96. The van der Waals surface area contributed by atoms with Crippen LogP contribution in [0.4, 0.5) is 0 Å². The second-order valence-electron chi connectivity index (χ2n) is 5.27. The number of hydrogen-bond donors (Lipinski definition) is 1. The van der Waals surface area contributed by atoms with Crippen LogP contribution in [0.2, 0.25) is 0 Å². The highest BCUT2D eigenvalue weighted by Gasteiger charge is 2.19. The number of rotatable bonds is 5. The normalized spacial score (nSPS) is 10.9. The van der Waals surface area contributed by atoms with Gasteiger partial charge in [-0.25, -0.2) is 9.78 Å². The Morgan fingerprint density at radius 3 is 2.60 bits per heavy atom. The van der Waals surface area contributed by atoms with Crippen molar-refractivity contribution in [2.75, 3.05) is 0 Å². The molecule has 2 heterocycles. The van der Waals surface area contributed by atoms with Gasteiger partial charge in [-0.05, 0) is 25.1 Å². The lowest BCUT2D eigenvalue weighted by atomic mass is 10.0. The van der Waals surface area contributed by atoms with Crippen molar-refractivity contribution in [2.24, 2.45) is 0 Å². The summed E-state index contributed by atoms with van der Waals surface area (Å²) in [5.41, 5.74) is 1.81. The van der Waals surface area contributed by atoms with Gasteiger partial charge < -0.3 is 9.63 Å². The molecule has 0 aliphatic carbocycles. The van der Waals surface area contributed by atoms with Gasteiger partial charge in [-0.3, -0.25) is 4.79 Å². The maximum atomic E-state index is 12.6. The third-order valence-electron chi connectivity index (χ3n) is 3.61. The molecule has 1 N–H and O–H groups in total. The predicted octanol–water partition coefficient (Wildman–Crippen LogP) is 3.64. The number of carbonyl (C=O) groups excluding carboxylic acids is 1. The highest BCUT2D eigenvalue weighted by atomic mass is 16.5. The van der Waals surface area contributed by atoms with Gasteiger partial charge in [0.1, 0.15) is 11.5 Å². The molecule has 0 saturated carbocycles. The minimum Gasteiger partial charge on any atom is -0.476 e. The Hall–Kier alpha value is -3.54. The molecular formula is C19H14N2O4. The zero-order chi connectivity index (χ0) is 17.8. The van der Waals surface area contributed by atoms with Crippen molar-refractivity contribution in [3.05, 3.63) is 77.3 Å². The summed E-state index contributed by atoms with van der Waals surface area (Å²) in [6.45, 7) is 1.66. The second-order valence-corrected chi connectivity index (χ2v) is 5.27. The Labute approximate surface area is 143 Å². The van der Waals surface area contributed by atoms with Crippen LogP contribution >= 0.6 is 0 Å². The van der Waals surface area contributed by atoms with E-state index in [9.17, 15) is 9.59 Å². The monoisotopic (exact) mass is 334 g/mol. The topological polar surface area (TPSA) is 93.3 Å². The van der Waals surface area contributed by atoms with E-state index in [-0.39, 0.29) is 11.5 Å². The van der Waals surface area contributed by atoms with Crippen molar-refractivity contribution in [1.29, 1.82) is 0 Å². The van der Waals surface area contributed by atoms with Crippen LogP contribution < -0.4 is 0 Å². The van der Waals surface area contributed by atoms with Crippen molar-refractivity contribution < 1.29 is 19.2 Å². The fraction of sp³-hybridized carbons (Fsp3) is 0.0526. The summed E-state index contributed by atoms with van der Waals surface area (Å²) in [5, 5.41) is 13.1. The van der Waals surface area contributed by atoms with Crippen LogP contribution in [0.15, 0.2) is 59.3 Å². The number of carboxylic acids is 1. The van der Waals surface area contributed by atoms with Crippen LogP contribution in [0.25, 0.3) is 17.3 Å². The van der Waals surface area contributed by atoms with Gasteiger partial charge in [0, 0.05) is 17.3 Å². The Morgan fingerprint density at radius 2 is 1.88 bits per heavy atom. The van der Waals surface area contributed by atoms with Crippen LogP contribution in [0.1, 0.15) is 32.2 Å². The summed E-state index contributed by atoms with van der Waals surface area (Å²) < 4.78 is 5.17. The molecule has 0 atom stereocenters. The fourth-order valence-corrected chi connectivity index (χ4v) is 2.44. The Morgan fingerprint density at radius 1 is 1.12 bits per heavy atom. The van der Waals surface area contributed by atoms with Gasteiger partial charge in [-0.15, -0.1) is 0 Å². The summed E-state index contributed by atoms with van der Waals surface area (Å²) >= 11 is 0. The molecule has 3 rings (SSSR count). The first kappa shape index (κ1) is 16.3. The Bertz CT molecular complexity index is 959. The molecular weight excluding hydrogens is 320 g/mol. The van der Waals surface area contributed by atoms with E-state index < -0.39 is 5.97 Å². The molecule has 0 aliphatic heterocycles. The van der Waals surface area contributed by atoms with E-state index in [0.717, 1.165) is 5.56 Å². The molecule has 0 unspecified atom stereocenters. The number of benzene rings is 1. The quantitative estimate of drug-likeness (QED) is 0.565. The number of carboxylic acid groups (broad SMARTS) is 1. The van der Waals surface area contributed by atoms with E-state index in [2.05, 4.69) is 10.1 Å². The first-order valence-corrected chi connectivity index (χ1v) is 7.50. The van der Waals surface area contributed by atoms with Gasteiger partial charge >= 0.3 is 5.97 Å². The lowest BCUT2D eigenvalue weighted by Gasteiger charge is -2.00. The van der Waals surface area contributed by atoms with Crippen LogP contribution in [0.3, 0.4) is 0 Å². The zero-order valence-electron chi connectivity index (χ0n) is 13.3. The van der Waals surface area contributed by atoms with Crippen LogP contribution in [0, 0.1) is 6.92 Å². The van der Waals surface area contributed by atoms with Gasteiger partial charge in [0.15, 0.2) is 11.5 Å². The van der Waals surface area contributed by atoms with E-state index in [1.165, 1.54) is 18.3 Å². The minimum atomic E-state index is -1.15. The maximum absolute atomic E-state index is 12.6. The highest BCUT2D eigenvalue weighted by Crippen LogP contribution is 2.26. The average Bonchev–Trinajstić information content (AvgIpc) is 3.02. The molecule has 6 heteroatoms. The number of nitrogens with zero attached hydrogens (tertiary/aromatic N) is 2. The van der Waals surface area contributed by atoms with Gasteiger partial charge in [-0.2, -0.15) is 0 Å². The second kappa shape index (κ2) is 6.92. The third-order valence-corrected chi connectivity index (χ3v) is 3.61. The summed E-state index contributed by atoms with van der Waals surface area (Å²) in [6.07, 6.45) is 4.12. The fourth-order valence-electron chi connectivity index (χ4n) is 2.44. The molecule has 1 aromatic carbocycles. The largest absolute Gasteiger partial charge is 0.476 e. The van der Waals surface area contributed by atoms with Crippen molar-refractivity contribution >= 4 is 17.8 Å². The van der Waals surface area contributed by atoms with Crippen molar-refractivity contribution in [3.63, 3.8) is 0 Å². The average molecular weight is 334 g/mol. The first-order chi connectivity index (χ1) is 12.1. The molecule has 0 fully saturated rings. The minimum absolute atomic E-state index is 0.114. The summed E-state index contributed by atoms with van der Waals surface area (Å²) in [4.78, 5) is 27.6. The molecule has 0 saturated heterocycles. The molecule has 6 nitrogen and oxygen atoms in total. The van der Waals surface area contributed by atoms with Crippen molar-refractivity contribution in [1.82, 2.24) is 10.1 Å². The molecule has 2 aromatic heterocycles. The summed E-state index contributed by atoms with van der Waals surface area (Å²) in [7, 11) is 0. The number of ketones is 1. The van der Waals surface area contributed by atoms with Crippen molar-refractivity contribution in [3.8, 4) is 11.3 Å². The van der Waals surface area contributed by atoms with E-state index in [1.54, 1.807) is 19.1 Å². The van der Waals surface area contributed by atoms with E-state index in [0.29, 0.717) is 22.6 Å². The molecule has 25 heavy (non-hydrogen) atoms. The molecule has 124 valence electrons. The maximum Gasteiger partial charge on any atom is 0.355 e. The lowest BCUT2D eigenvalue weighted by molar-refractivity contribution is 0.0690. The predicted molar refractivity (Wildman–Crippen MR) is 91.2 cm³/mol. The molecule has 3 aromatic rings. The summed E-state index contributed by atoms with van der Waals surface area (Å²) in [5.74, 6) is -1.07. The number of hydrogen-bond acceptors (Lipinski definition) is 5. The molecule has 0 spiro atoms. The molecule has 0 radical (unpaired) electrons. The molecule has 0 amide bonds. The van der Waals surface area contributed by atoms with Crippen LogP contribution in [-0.2, 0) is 0 Å². The number of aromatic nitrogens is 2. The molecule has 0 bridgehead atoms.